The Labute approximate surface area is 196 Å². The number of hydrogen-bond donors (Lipinski definition) is 1. The van der Waals surface area contributed by atoms with E-state index in [4.69, 9.17) is 0 Å². The maximum atomic E-state index is 12.6. The van der Waals surface area contributed by atoms with E-state index in [0.717, 1.165) is 16.1 Å². The van der Waals surface area contributed by atoms with Gasteiger partial charge in [0.05, 0.1) is 17.7 Å². The summed E-state index contributed by atoms with van der Waals surface area (Å²) in [5, 5.41) is 2.80. The Balaban J connectivity index is 1.58. The van der Waals surface area contributed by atoms with E-state index in [-0.39, 0.29) is 11.7 Å². The standard InChI is InChI=1S/C22H30N4O5S2/c1-4-33(30,31)26-14-12-25(13-15-26)17-18-8-10-19(11-9-18)22(27)23-20-6-5-7-21(16-20)24(2)32(3,28)29/h5-11,16H,4,12-15,17H2,1-3H3,(H,23,27). The van der Waals surface area contributed by atoms with Crippen LogP contribution in [0.1, 0.15) is 22.8 Å². The van der Waals surface area contributed by atoms with Crippen molar-refractivity contribution in [3.05, 3.63) is 59.7 Å². The SMILES string of the molecule is CCS(=O)(=O)N1CCN(Cc2ccc(C(=O)Nc3cccc(N(C)S(C)(=O)=O)c3)cc2)CC1. The number of sulfonamides is 2. The molecule has 1 saturated heterocycles. The van der Waals surface area contributed by atoms with E-state index in [9.17, 15) is 21.6 Å². The molecule has 0 bridgehead atoms. The predicted octanol–water partition coefficient (Wildman–Crippen LogP) is 1.80. The second kappa shape index (κ2) is 10.2. The van der Waals surface area contributed by atoms with Gasteiger partial charge in [0.25, 0.3) is 5.91 Å². The van der Waals surface area contributed by atoms with Gasteiger partial charge in [0, 0.05) is 51.0 Å². The third-order valence-electron chi connectivity index (χ3n) is 5.68. The van der Waals surface area contributed by atoms with Crippen molar-refractivity contribution >= 4 is 37.3 Å². The minimum absolute atomic E-state index is 0.120. The van der Waals surface area contributed by atoms with E-state index in [1.54, 1.807) is 47.6 Å². The lowest BCUT2D eigenvalue weighted by Crippen LogP contribution is -2.48. The molecule has 0 aliphatic carbocycles. The predicted molar refractivity (Wildman–Crippen MR) is 130 cm³/mol. The van der Waals surface area contributed by atoms with Crippen molar-refractivity contribution < 1.29 is 21.6 Å². The van der Waals surface area contributed by atoms with Crippen LogP contribution in [0.4, 0.5) is 11.4 Å². The van der Waals surface area contributed by atoms with Crippen LogP contribution in [-0.2, 0) is 26.6 Å². The van der Waals surface area contributed by atoms with Gasteiger partial charge in [-0.1, -0.05) is 18.2 Å². The molecule has 1 heterocycles. The first-order chi connectivity index (χ1) is 15.5. The summed E-state index contributed by atoms with van der Waals surface area (Å²) in [6.45, 7) is 4.65. The summed E-state index contributed by atoms with van der Waals surface area (Å²) in [4.78, 5) is 14.8. The number of nitrogens with zero attached hydrogens (tertiary/aromatic N) is 3. The van der Waals surface area contributed by atoms with Crippen LogP contribution in [0.25, 0.3) is 0 Å². The maximum Gasteiger partial charge on any atom is 0.255 e. The van der Waals surface area contributed by atoms with Crippen molar-refractivity contribution in [1.82, 2.24) is 9.21 Å². The fraction of sp³-hybridized carbons (Fsp3) is 0.409. The Morgan fingerprint density at radius 2 is 1.64 bits per heavy atom. The number of nitrogens with one attached hydrogen (secondary N) is 1. The van der Waals surface area contributed by atoms with Gasteiger partial charge in [0.1, 0.15) is 0 Å². The molecule has 0 aromatic heterocycles. The Morgan fingerprint density at radius 1 is 1.00 bits per heavy atom. The zero-order chi connectivity index (χ0) is 24.2. The molecule has 1 N–H and O–H groups in total. The number of hydrogen-bond acceptors (Lipinski definition) is 6. The van der Waals surface area contributed by atoms with Gasteiger partial charge in [-0.25, -0.2) is 16.8 Å². The van der Waals surface area contributed by atoms with E-state index in [1.807, 2.05) is 12.1 Å². The second-order valence-corrected chi connectivity index (χ2v) is 12.3. The van der Waals surface area contributed by atoms with Gasteiger partial charge in [-0.3, -0.25) is 14.0 Å². The summed E-state index contributed by atoms with van der Waals surface area (Å²) in [5.74, 6) is -0.172. The third-order valence-corrected chi connectivity index (χ3v) is 8.76. The van der Waals surface area contributed by atoms with Gasteiger partial charge < -0.3 is 5.32 Å². The molecular formula is C22H30N4O5S2. The number of piperazine rings is 1. The topological polar surface area (TPSA) is 107 Å². The quantitative estimate of drug-likeness (QED) is 0.600. The molecule has 3 rings (SSSR count). The molecule has 2 aromatic rings. The molecule has 180 valence electrons. The highest BCUT2D eigenvalue weighted by Gasteiger charge is 2.25. The number of carbonyl (C=O) groups is 1. The van der Waals surface area contributed by atoms with Crippen molar-refractivity contribution in [2.75, 3.05) is 54.9 Å². The smallest absolute Gasteiger partial charge is 0.255 e. The summed E-state index contributed by atoms with van der Waals surface area (Å²) in [6.07, 6.45) is 1.12. The van der Waals surface area contributed by atoms with Crippen LogP contribution in [0.3, 0.4) is 0 Å². The largest absolute Gasteiger partial charge is 0.322 e. The Kier molecular flexibility index (Phi) is 7.78. The first-order valence-corrected chi connectivity index (χ1v) is 14.1. The molecule has 1 aliphatic heterocycles. The molecule has 11 heteroatoms. The van der Waals surface area contributed by atoms with E-state index in [1.165, 1.54) is 7.05 Å². The van der Waals surface area contributed by atoms with Gasteiger partial charge in [-0.05, 0) is 42.8 Å². The molecule has 0 atom stereocenters. The van der Waals surface area contributed by atoms with Crippen LogP contribution < -0.4 is 9.62 Å². The molecule has 0 radical (unpaired) electrons. The van der Waals surface area contributed by atoms with E-state index < -0.39 is 20.0 Å². The average molecular weight is 495 g/mol. The van der Waals surface area contributed by atoms with Gasteiger partial charge in [-0.2, -0.15) is 4.31 Å². The highest BCUT2D eigenvalue weighted by molar-refractivity contribution is 7.92. The van der Waals surface area contributed by atoms with Crippen LogP contribution in [0.15, 0.2) is 48.5 Å². The summed E-state index contributed by atoms with van der Waals surface area (Å²) >= 11 is 0. The molecule has 0 unspecified atom stereocenters. The fourth-order valence-corrected chi connectivity index (χ4v) is 5.12. The molecule has 9 nitrogen and oxygen atoms in total. The molecular weight excluding hydrogens is 464 g/mol. The number of amides is 1. The van der Waals surface area contributed by atoms with Crippen LogP contribution in [0.2, 0.25) is 0 Å². The normalized spacial score (nSPS) is 15.8. The summed E-state index contributed by atoms with van der Waals surface area (Å²) in [7, 11) is -5.09. The summed E-state index contributed by atoms with van der Waals surface area (Å²) in [5.41, 5.74) is 2.48. The highest BCUT2D eigenvalue weighted by atomic mass is 32.2. The van der Waals surface area contributed by atoms with Crippen LogP contribution >= 0.6 is 0 Å². The van der Waals surface area contributed by atoms with E-state index in [2.05, 4.69) is 10.2 Å². The lowest BCUT2D eigenvalue weighted by molar-refractivity contribution is 0.102. The van der Waals surface area contributed by atoms with Crippen molar-refractivity contribution in [2.45, 2.75) is 13.5 Å². The summed E-state index contributed by atoms with van der Waals surface area (Å²) in [6, 6.07) is 13.9. The van der Waals surface area contributed by atoms with Crippen molar-refractivity contribution in [1.29, 1.82) is 0 Å². The molecule has 33 heavy (non-hydrogen) atoms. The zero-order valence-corrected chi connectivity index (χ0v) is 20.7. The number of benzene rings is 2. The maximum absolute atomic E-state index is 12.6. The minimum Gasteiger partial charge on any atom is -0.322 e. The second-order valence-electron chi connectivity index (χ2n) is 8.01. The molecule has 1 fully saturated rings. The lowest BCUT2D eigenvalue weighted by Gasteiger charge is -2.33. The Bertz CT molecular complexity index is 1190. The zero-order valence-electron chi connectivity index (χ0n) is 19.1. The Hall–Kier alpha value is -2.47. The number of carbonyl (C=O) groups excluding carboxylic acids is 1. The van der Waals surface area contributed by atoms with Crippen LogP contribution in [0, 0.1) is 0 Å². The van der Waals surface area contributed by atoms with Crippen LogP contribution in [-0.4, -0.2) is 77.2 Å². The first-order valence-electron chi connectivity index (χ1n) is 10.6. The van der Waals surface area contributed by atoms with Gasteiger partial charge in [0.15, 0.2) is 0 Å². The molecule has 1 aliphatic rings. The molecule has 2 aromatic carbocycles. The van der Waals surface area contributed by atoms with Gasteiger partial charge in [-0.15, -0.1) is 0 Å². The van der Waals surface area contributed by atoms with Crippen LogP contribution in [0.5, 0.6) is 0 Å². The minimum atomic E-state index is -3.40. The van der Waals surface area contributed by atoms with Crippen molar-refractivity contribution in [3.8, 4) is 0 Å². The third kappa shape index (κ3) is 6.53. The van der Waals surface area contributed by atoms with E-state index in [0.29, 0.717) is 49.7 Å². The molecule has 0 saturated carbocycles. The Morgan fingerprint density at radius 3 is 2.21 bits per heavy atom. The lowest BCUT2D eigenvalue weighted by atomic mass is 10.1. The molecule has 1 amide bonds. The highest BCUT2D eigenvalue weighted by Crippen LogP contribution is 2.21. The molecule has 0 spiro atoms. The fourth-order valence-electron chi connectivity index (χ4n) is 3.54. The first kappa shape index (κ1) is 25.2. The van der Waals surface area contributed by atoms with Crippen molar-refractivity contribution in [3.63, 3.8) is 0 Å². The van der Waals surface area contributed by atoms with E-state index >= 15 is 0 Å². The van der Waals surface area contributed by atoms with Gasteiger partial charge >= 0.3 is 0 Å². The monoisotopic (exact) mass is 494 g/mol. The number of rotatable bonds is 8. The van der Waals surface area contributed by atoms with Crippen molar-refractivity contribution in [2.24, 2.45) is 0 Å². The summed E-state index contributed by atoms with van der Waals surface area (Å²) < 4.78 is 50.1. The average Bonchev–Trinajstić information content (AvgIpc) is 2.79. The number of anilines is 2. The van der Waals surface area contributed by atoms with Gasteiger partial charge in [0.2, 0.25) is 20.0 Å².